The van der Waals surface area contributed by atoms with Gasteiger partial charge in [0.1, 0.15) is 4.90 Å². The van der Waals surface area contributed by atoms with Gasteiger partial charge >= 0.3 is 12.1 Å². The lowest BCUT2D eigenvalue weighted by Gasteiger charge is -2.31. The summed E-state index contributed by atoms with van der Waals surface area (Å²) in [4.78, 5) is 35.8. The number of alkyl halides is 3. The summed E-state index contributed by atoms with van der Waals surface area (Å²) >= 11 is 6.19. The summed E-state index contributed by atoms with van der Waals surface area (Å²) in [7, 11) is -2.01. The van der Waals surface area contributed by atoms with E-state index in [1.54, 1.807) is 24.3 Å². The number of carbonyl (C=O) groups excluding carboxylic acids is 1. The van der Waals surface area contributed by atoms with Gasteiger partial charge in [0, 0.05) is 49.4 Å². The zero-order valence-corrected chi connectivity index (χ0v) is 21.8. The molecule has 1 aliphatic heterocycles. The first kappa shape index (κ1) is 27.8. The number of piperazine rings is 1. The van der Waals surface area contributed by atoms with Crippen LogP contribution in [-0.2, 0) is 21.2 Å². The fourth-order valence-corrected chi connectivity index (χ4v) is 5.50. The van der Waals surface area contributed by atoms with Crippen LogP contribution in [0.15, 0.2) is 52.3 Å². The van der Waals surface area contributed by atoms with Gasteiger partial charge in [0.05, 0.1) is 5.69 Å². The number of likely N-dealkylation sites (N-methyl/N-ethyl adjacent to an activating group) is 1. The highest BCUT2D eigenvalue weighted by Crippen LogP contribution is 2.22. The molecule has 1 saturated heterocycles. The van der Waals surface area contributed by atoms with Gasteiger partial charge < -0.3 is 9.74 Å². The smallest absolute Gasteiger partial charge is 0.311 e. The summed E-state index contributed by atoms with van der Waals surface area (Å²) in [5.41, 5.74) is -0.394. The molecule has 15 heteroatoms. The second-order valence-electron chi connectivity index (χ2n) is 8.66. The van der Waals surface area contributed by atoms with Crippen molar-refractivity contribution < 1.29 is 31.2 Å². The average molecular weight is 574 g/mol. The average Bonchev–Trinajstić information content (AvgIpc) is 3.09. The van der Waals surface area contributed by atoms with Crippen molar-refractivity contribution in [3.63, 3.8) is 0 Å². The van der Waals surface area contributed by atoms with Crippen molar-refractivity contribution in [2.24, 2.45) is 0 Å². The fourth-order valence-electron chi connectivity index (χ4n) is 3.93. The van der Waals surface area contributed by atoms with Crippen LogP contribution in [0, 0.1) is 6.92 Å². The van der Waals surface area contributed by atoms with Crippen molar-refractivity contribution in [2.75, 3.05) is 33.2 Å². The molecule has 3 aromatic rings. The third-order valence-electron chi connectivity index (χ3n) is 6.12. The summed E-state index contributed by atoms with van der Waals surface area (Å²) in [6.45, 7) is 2.96. The maximum Gasteiger partial charge on any atom is 0.493 e. The molecule has 2 aromatic heterocycles. The van der Waals surface area contributed by atoms with E-state index in [4.69, 9.17) is 11.6 Å². The highest BCUT2D eigenvalue weighted by molar-refractivity contribution is 7.89. The minimum Gasteiger partial charge on any atom is -0.311 e. The molecule has 1 aliphatic rings. The van der Waals surface area contributed by atoms with Gasteiger partial charge in [0.15, 0.2) is 5.82 Å². The minimum absolute atomic E-state index is 0.00371. The lowest BCUT2D eigenvalue weighted by Crippen LogP contribution is -2.47. The highest BCUT2D eigenvalue weighted by atomic mass is 35.5. The Labute approximate surface area is 220 Å². The molecule has 0 N–H and O–H groups in total. The molecule has 38 heavy (non-hydrogen) atoms. The molecule has 0 spiro atoms. The van der Waals surface area contributed by atoms with Gasteiger partial charge in [-0.2, -0.15) is 22.2 Å². The number of rotatable bonds is 6. The van der Waals surface area contributed by atoms with E-state index in [9.17, 15) is 31.2 Å². The predicted molar refractivity (Wildman–Crippen MR) is 131 cm³/mol. The predicted octanol–water partition coefficient (Wildman–Crippen LogP) is 2.04. The fraction of sp³-hybridized carbons (Fsp3) is 0.348. The largest absolute Gasteiger partial charge is 0.493 e. The Morgan fingerprint density at radius 2 is 1.76 bits per heavy atom. The van der Waals surface area contributed by atoms with Gasteiger partial charge in [-0.25, -0.2) is 18.2 Å². The van der Waals surface area contributed by atoms with Crippen LogP contribution in [-0.4, -0.2) is 77.5 Å². The molecule has 0 atom stereocenters. The van der Waals surface area contributed by atoms with Crippen molar-refractivity contribution in [1.29, 1.82) is 0 Å². The molecule has 1 aromatic carbocycles. The molecule has 0 amide bonds. The first-order valence-corrected chi connectivity index (χ1v) is 13.1. The molecule has 0 aliphatic carbocycles. The van der Waals surface area contributed by atoms with Crippen LogP contribution < -0.4 is 10.4 Å². The number of halogens is 4. The van der Waals surface area contributed by atoms with E-state index in [-0.39, 0.29) is 41.5 Å². The zero-order valence-electron chi connectivity index (χ0n) is 20.3. The summed E-state index contributed by atoms with van der Waals surface area (Å²) in [5, 5.41) is 0.328. The highest BCUT2D eigenvalue weighted by Gasteiger charge is 2.43. The van der Waals surface area contributed by atoms with Crippen LogP contribution >= 0.6 is 11.6 Å². The number of hydrogen-bond donors (Lipinski definition) is 0. The van der Waals surface area contributed by atoms with E-state index in [0.717, 1.165) is 12.3 Å². The number of nitrogens with zero attached hydrogens (tertiary/aromatic N) is 5. The molecule has 204 valence electrons. The molecule has 10 nitrogen and oxygen atoms in total. The topological polar surface area (TPSA) is 107 Å². The summed E-state index contributed by atoms with van der Waals surface area (Å²) < 4.78 is 67.0. The number of carbonyl (C=O) groups is 1. The normalized spacial score (nSPS) is 15.5. The Hall–Kier alpha value is -3.20. The van der Waals surface area contributed by atoms with Crippen LogP contribution in [0.5, 0.6) is 0 Å². The third-order valence-corrected chi connectivity index (χ3v) is 8.37. The zero-order chi connectivity index (χ0) is 27.8. The third kappa shape index (κ3) is 5.48. The molecule has 4 rings (SSSR count). The van der Waals surface area contributed by atoms with Crippen LogP contribution in [0.4, 0.5) is 13.2 Å². The number of sulfonamides is 1. The van der Waals surface area contributed by atoms with Gasteiger partial charge in [0.25, 0.3) is 5.56 Å². The summed E-state index contributed by atoms with van der Waals surface area (Å²) in [5.74, 6) is -2.81. The Morgan fingerprint density at radius 3 is 2.34 bits per heavy atom. The second-order valence-corrected chi connectivity index (χ2v) is 11.0. The molecule has 3 heterocycles. The van der Waals surface area contributed by atoms with Gasteiger partial charge in [-0.15, -0.1) is 4.85 Å². The monoisotopic (exact) mass is 573 g/mol. The minimum atomic E-state index is -5.34. The first-order valence-electron chi connectivity index (χ1n) is 11.3. The number of benzene rings is 1. The van der Waals surface area contributed by atoms with Crippen molar-refractivity contribution in [3.05, 3.63) is 74.8 Å². The van der Waals surface area contributed by atoms with Crippen molar-refractivity contribution in [3.8, 4) is 5.82 Å². The Kier molecular flexibility index (Phi) is 7.70. The van der Waals surface area contributed by atoms with E-state index in [1.807, 2.05) is 11.9 Å². The van der Waals surface area contributed by atoms with E-state index in [2.05, 4.69) is 9.82 Å². The second kappa shape index (κ2) is 10.5. The Morgan fingerprint density at radius 1 is 1.11 bits per heavy atom. The summed E-state index contributed by atoms with van der Waals surface area (Å²) in [6.07, 6.45) is -4.41. The van der Waals surface area contributed by atoms with Gasteiger partial charge in [-0.05, 0) is 37.7 Å². The van der Waals surface area contributed by atoms with E-state index in [1.165, 1.54) is 17.3 Å². The van der Waals surface area contributed by atoms with Gasteiger partial charge in [-0.1, -0.05) is 29.8 Å². The van der Waals surface area contributed by atoms with Gasteiger partial charge in [-0.3, -0.25) is 4.79 Å². The maximum atomic E-state index is 13.4. The Balaban J connectivity index is 1.76. The lowest BCUT2D eigenvalue weighted by molar-refractivity contribution is -0.202. The molecule has 0 radical (unpaired) electrons. The van der Waals surface area contributed by atoms with Crippen LogP contribution in [0.3, 0.4) is 0 Å². The molecule has 1 fully saturated rings. The number of hydrogen-bond acceptors (Lipinski definition) is 7. The molecular formula is C23H23ClF3N5O5S. The molecular weight excluding hydrogens is 551 g/mol. The van der Waals surface area contributed by atoms with E-state index < -0.39 is 27.7 Å². The maximum absolute atomic E-state index is 13.4. The quantitative estimate of drug-likeness (QED) is 0.444. The molecule has 0 bridgehead atoms. The Bertz CT molecular complexity index is 1510. The van der Waals surface area contributed by atoms with E-state index >= 15 is 0 Å². The SMILES string of the molecule is Cc1c(Cc2ccccc2Cl)c(=O)n(-c2ccc(S(=O)(=O)N3CCN(C)CC3)cn2)n1OC(=O)C(F)(F)F. The van der Waals surface area contributed by atoms with Crippen LogP contribution in [0.1, 0.15) is 16.8 Å². The molecule has 0 unspecified atom stereocenters. The van der Waals surface area contributed by atoms with Gasteiger partial charge in [0.2, 0.25) is 10.0 Å². The van der Waals surface area contributed by atoms with Crippen molar-refractivity contribution in [2.45, 2.75) is 24.4 Å². The number of aromatic nitrogens is 3. The van der Waals surface area contributed by atoms with Crippen molar-refractivity contribution in [1.82, 2.24) is 23.7 Å². The van der Waals surface area contributed by atoms with Crippen LogP contribution in [0.25, 0.3) is 5.82 Å². The number of pyridine rings is 1. The van der Waals surface area contributed by atoms with Crippen LogP contribution in [0.2, 0.25) is 5.02 Å². The van der Waals surface area contributed by atoms with E-state index in [0.29, 0.717) is 33.2 Å². The van der Waals surface area contributed by atoms with Crippen molar-refractivity contribution >= 4 is 27.6 Å². The first-order chi connectivity index (χ1) is 17.8. The lowest BCUT2D eigenvalue weighted by atomic mass is 10.1. The standard InChI is InChI=1S/C23H23ClF3N5O5S/c1-15-18(13-16-5-3-4-6-19(16)24)21(33)31(32(15)37-22(34)23(25,26)27)20-8-7-17(14-28-20)38(35,36)30-11-9-29(2)10-12-30/h3-8,14H,9-13H2,1-2H3. The molecule has 0 saturated carbocycles. The summed E-state index contributed by atoms with van der Waals surface area (Å²) in [6, 6.07) is 8.93.